The highest BCUT2D eigenvalue weighted by atomic mass is 32.2. The van der Waals surface area contributed by atoms with Crippen molar-refractivity contribution in [2.24, 2.45) is 4.99 Å². The predicted octanol–water partition coefficient (Wildman–Crippen LogP) is 3.65. The molecule has 6 heteroatoms. The largest absolute Gasteiger partial charge is 0.493 e. The van der Waals surface area contributed by atoms with Crippen LogP contribution >= 0.6 is 0 Å². The Balaban J connectivity index is 1.89. The molecule has 0 saturated carbocycles. The van der Waals surface area contributed by atoms with Gasteiger partial charge >= 0.3 is 0 Å². The Labute approximate surface area is 151 Å². The first-order chi connectivity index (χ1) is 11.9. The lowest BCUT2D eigenvalue weighted by atomic mass is 9.86. The minimum absolute atomic E-state index is 0.349. The van der Waals surface area contributed by atoms with Gasteiger partial charge in [-0.15, -0.1) is 0 Å². The van der Waals surface area contributed by atoms with E-state index in [1.54, 1.807) is 4.31 Å². The van der Waals surface area contributed by atoms with Crippen LogP contribution in [0.25, 0.3) is 0 Å². The second-order valence-corrected chi connectivity index (χ2v) is 9.10. The first-order valence-corrected chi connectivity index (χ1v) is 11.0. The molecule has 2 aliphatic rings. The van der Waals surface area contributed by atoms with E-state index in [1.807, 2.05) is 0 Å². The van der Waals surface area contributed by atoms with E-state index < -0.39 is 10.0 Å². The molecule has 1 aromatic rings. The zero-order valence-corrected chi connectivity index (χ0v) is 16.2. The molecule has 2 heterocycles. The predicted molar refractivity (Wildman–Crippen MR) is 102 cm³/mol. The van der Waals surface area contributed by atoms with Gasteiger partial charge in [0, 0.05) is 24.4 Å². The summed E-state index contributed by atoms with van der Waals surface area (Å²) in [7, 11) is -3.09. The molecule has 138 valence electrons. The molecule has 1 saturated heterocycles. The third kappa shape index (κ3) is 4.06. The average molecular weight is 365 g/mol. The fourth-order valence-electron chi connectivity index (χ4n) is 3.74. The molecule has 3 rings (SSSR count). The average Bonchev–Trinajstić information content (AvgIpc) is 2.58. The van der Waals surface area contributed by atoms with Gasteiger partial charge in [0.1, 0.15) is 5.75 Å². The van der Waals surface area contributed by atoms with E-state index in [9.17, 15) is 8.42 Å². The van der Waals surface area contributed by atoms with E-state index in [2.05, 4.69) is 26.0 Å². The van der Waals surface area contributed by atoms with Gasteiger partial charge < -0.3 is 4.74 Å². The second kappa shape index (κ2) is 7.46. The van der Waals surface area contributed by atoms with Gasteiger partial charge in [0.2, 0.25) is 10.0 Å². The normalized spacial score (nSPS) is 19.4. The van der Waals surface area contributed by atoms with Crippen molar-refractivity contribution in [2.45, 2.75) is 51.9 Å². The summed E-state index contributed by atoms with van der Waals surface area (Å²) in [6.07, 6.45) is 5.90. The first-order valence-electron chi connectivity index (χ1n) is 9.18. The monoisotopic (exact) mass is 364 g/mol. The maximum absolute atomic E-state index is 11.7. The number of aliphatic imine (C=N–C) groups is 1. The molecule has 0 radical (unpaired) electrons. The molecular formula is C19H28N2O3S. The number of piperidine rings is 1. The van der Waals surface area contributed by atoms with Gasteiger partial charge in [0.05, 0.1) is 18.6 Å². The van der Waals surface area contributed by atoms with Crippen LogP contribution in [0.3, 0.4) is 0 Å². The summed E-state index contributed by atoms with van der Waals surface area (Å²) in [6, 6.07) is 4.25. The molecule has 0 bridgehead atoms. The third-order valence-corrected chi connectivity index (χ3v) is 6.43. The van der Waals surface area contributed by atoms with Crippen molar-refractivity contribution in [3.05, 3.63) is 23.3 Å². The summed E-state index contributed by atoms with van der Waals surface area (Å²) in [5.74, 6) is 1.36. The van der Waals surface area contributed by atoms with Gasteiger partial charge in [0.15, 0.2) is 0 Å². The topological polar surface area (TPSA) is 59.0 Å². The van der Waals surface area contributed by atoms with Gasteiger partial charge in [-0.3, -0.25) is 4.99 Å². The molecule has 1 fully saturated rings. The summed E-state index contributed by atoms with van der Waals surface area (Å²) in [5.41, 5.74) is 4.66. The molecule has 0 N–H and O–H groups in total. The lowest BCUT2D eigenvalue weighted by molar-refractivity contribution is 0.292. The summed E-state index contributed by atoms with van der Waals surface area (Å²) in [5, 5.41) is 0. The lowest BCUT2D eigenvalue weighted by Crippen LogP contribution is -2.37. The van der Waals surface area contributed by atoms with Crippen LogP contribution in [-0.4, -0.2) is 44.4 Å². The Kier molecular flexibility index (Phi) is 5.49. The van der Waals surface area contributed by atoms with Gasteiger partial charge in [-0.25, -0.2) is 12.7 Å². The Hall–Kier alpha value is -1.40. The minimum Gasteiger partial charge on any atom is -0.493 e. The van der Waals surface area contributed by atoms with Crippen LogP contribution in [0.15, 0.2) is 17.1 Å². The number of ether oxygens (including phenoxy) is 1. The SMILES string of the molecule is CCCOc1c(C2CCN(S(C)(=O)=O)CC2)ccc2c1CCC(C)=N2. The van der Waals surface area contributed by atoms with Crippen molar-refractivity contribution in [3.8, 4) is 5.75 Å². The highest BCUT2D eigenvalue weighted by Crippen LogP contribution is 2.42. The number of sulfonamides is 1. The molecule has 2 aliphatic heterocycles. The number of hydrogen-bond donors (Lipinski definition) is 0. The van der Waals surface area contributed by atoms with Gasteiger partial charge in [-0.1, -0.05) is 13.0 Å². The molecule has 0 unspecified atom stereocenters. The van der Waals surface area contributed by atoms with Crippen molar-refractivity contribution in [2.75, 3.05) is 26.0 Å². The van der Waals surface area contributed by atoms with E-state index in [1.165, 1.54) is 23.1 Å². The third-order valence-electron chi connectivity index (χ3n) is 5.13. The lowest BCUT2D eigenvalue weighted by Gasteiger charge is -2.32. The number of benzene rings is 1. The fraction of sp³-hybridized carbons (Fsp3) is 0.632. The van der Waals surface area contributed by atoms with Gasteiger partial charge in [-0.2, -0.15) is 0 Å². The van der Waals surface area contributed by atoms with Crippen molar-refractivity contribution in [1.82, 2.24) is 4.31 Å². The minimum atomic E-state index is -3.09. The van der Waals surface area contributed by atoms with Crippen molar-refractivity contribution in [1.29, 1.82) is 0 Å². The number of nitrogens with zero attached hydrogens (tertiary/aromatic N) is 2. The molecule has 0 aromatic heterocycles. The van der Waals surface area contributed by atoms with Crippen LogP contribution in [-0.2, 0) is 16.4 Å². The standard InChI is InChI=1S/C19H28N2O3S/c1-4-13-24-19-16(7-8-18-17(19)6-5-14(2)20-18)15-9-11-21(12-10-15)25(3,22)23/h7-8,15H,4-6,9-13H2,1-3H3. The summed E-state index contributed by atoms with van der Waals surface area (Å²) < 4.78 is 31.2. The molecule has 0 aliphatic carbocycles. The van der Waals surface area contributed by atoms with Crippen molar-refractivity contribution < 1.29 is 13.2 Å². The van der Waals surface area contributed by atoms with E-state index in [4.69, 9.17) is 9.73 Å². The Morgan fingerprint density at radius 2 is 1.96 bits per heavy atom. The number of hydrogen-bond acceptors (Lipinski definition) is 4. The molecule has 0 atom stereocenters. The van der Waals surface area contributed by atoms with Crippen LogP contribution in [0.2, 0.25) is 0 Å². The van der Waals surface area contributed by atoms with Gasteiger partial charge in [-0.05, 0) is 56.6 Å². The summed E-state index contributed by atoms with van der Waals surface area (Å²) >= 11 is 0. The van der Waals surface area contributed by atoms with E-state index in [0.717, 1.165) is 43.5 Å². The maximum Gasteiger partial charge on any atom is 0.211 e. The molecule has 5 nitrogen and oxygen atoms in total. The second-order valence-electron chi connectivity index (χ2n) is 7.11. The fourth-order valence-corrected chi connectivity index (χ4v) is 4.62. The maximum atomic E-state index is 11.7. The summed E-state index contributed by atoms with van der Waals surface area (Å²) in [6.45, 7) is 6.07. The summed E-state index contributed by atoms with van der Waals surface area (Å²) in [4.78, 5) is 4.69. The highest BCUT2D eigenvalue weighted by molar-refractivity contribution is 7.88. The smallest absolute Gasteiger partial charge is 0.211 e. The molecule has 1 aromatic carbocycles. The first kappa shape index (κ1) is 18.4. The van der Waals surface area contributed by atoms with E-state index >= 15 is 0 Å². The van der Waals surface area contributed by atoms with E-state index in [-0.39, 0.29) is 0 Å². The Morgan fingerprint density at radius 1 is 1.24 bits per heavy atom. The van der Waals surface area contributed by atoms with E-state index in [0.29, 0.717) is 25.6 Å². The molecule has 25 heavy (non-hydrogen) atoms. The quantitative estimate of drug-likeness (QED) is 0.801. The van der Waals surface area contributed by atoms with Gasteiger partial charge in [0.25, 0.3) is 0 Å². The zero-order valence-electron chi connectivity index (χ0n) is 15.4. The van der Waals surface area contributed by atoms with Crippen LogP contribution in [0.4, 0.5) is 5.69 Å². The van der Waals surface area contributed by atoms with Crippen LogP contribution < -0.4 is 4.74 Å². The van der Waals surface area contributed by atoms with Crippen molar-refractivity contribution in [3.63, 3.8) is 0 Å². The Morgan fingerprint density at radius 3 is 2.60 bits per heavy atom. The van der Waals surface area contributed by atoms with Crippen LogP contribution in [0.5, 0.6) is 5.75 Å². The number of fused-ring (bicyclic) bond motifs is 1. The molecular weight excluding hydrogens is 336 g/mol. The van der Waals surface area contributed by atoms with Crippen LogP contribution in [0, 0.1) is 0 Å². The Bertz CT molecular complexity index is 763. The number of rotatable bonds is 5. The molecule has 0 amide bonds. The highest BCUT2D eigenvalue weighted by Gasteiger charge is 2.29. The van der Waals surface area contributed by atoms with Crippen LogP contribution in [0.1, 0.15) is 56.6 Å². The molecule has 0 spiro atoms. The van der Waals surface area contributed by atoms with Crippen molar-refractivity contribution >= 4 is 21.4 Å². The zero-order chi connectivity index (χ0) is 18.0.